The average Bonchev–Trinajstić information content (AvgIpc) is 2.88. The molecule has 1 saturated heterocycles. The molecule has 3 aromatic carbocycles. The van der Waals surface area contributed by atoms with Gasteiger partial charge in [-0.3, -0.25) is 0 Å². The number of para-hydroxylation sites is 1. The SMILES string of the molecule is O=C(OCCOc1ccc(F)cc1)c1cccc(S(=O)(=O)N2CCN(c3ccccc3)CC2)c1. The van der Waals surface area contributed by atoms with Crippen LogP contribution >= 0.6 is 0 Å². The Hall–Kier alpha value is -3.43. The maximum Gasteiger partial charge on any atom is 0.338 e. The molecule has 0 saturated carbocycles. The molecule has 0 N–H and O–H groups in total. The van der Waals surface area contributed by atoms with E-state index in [2.05, 4.69) is 4.90 Å². The molecule has 9 heteroatoms. The molecule has 0 aliphatic carbocycles. The van der Waals surface area contributed by atoms with Gasteiger partial charge in [0.1, 0.15) is 24.8 Å². The third-order valence-corrected chi connectivity index (χ3v) is 7.36. The van der Waals surface area contributed by atoms with Crippen molar-refractivity contribution in [3.8, 4) is 5.75 Å². The Bertz CT molecular complexity index is 1210. The van der Waals surface area contributed by atoms with Crippen LogP contribution in [0.15, 0.2) is 83.8 Å². The van der Waals surface area contributed by atoms with Gasteiger partial charge in [0.25, 0.3) is 0 Å². The summed E-state index contributed by atoms with van der Waals surface area (Å²) >= 11 is 0. The minimum absolute atomic E-state index is 0.0331. The van der Waals surface area contributed by atoms with E-state index >= 15 is 0 Å². The van der Waals surface area contributed by atoms with Gasteiger partial charge < -0.3 is 14.4 Å². The number of anilines is 1. The van der Waals surface area contributed by atoms with Crippen molar-refractivity contribution in [2.45, 2.75) is 4.90 Å². The highest BCUT2D eigenvalue weighted by Gasteiger charge is 2.29. The van der Waals surface area contributed by atoms with Crippen LogP contribution in [0.3, 0.4) is 0 Å². The van der Waals surface area contributed by atoms with Gasteiger partial charge in [-0.2, -0.15) is 4.31 Å². The molecule has 34 heavy (non-hydrogen) atoms. The minimum Gasteiger partial charge on any atom is -0.490 e. The van der Waals surface area contributed by atoms with Crippen molar-refractivity contribution in [3.63, 3.8) is 0 Å². The summed E-state index contributed by atoms with van der Waals surface area (Å²) in [7, 11) is -3.74. The zero-order chi connectivity index (χ0) is 24.0. The molecule has 1 aliphatic heterocycles. The molecule has 0 unspecified atom stereocenters. The van der Waals surface area contributed by atoms with E-state index in [1.54, 1.807) is 0 Å². The van der Waals surface area contributed by atoms with Crippen LogP contribution in [0.25, 0.3) is 0 Å². The fraction of sp³-hybridized carbons (Fsp3) is 0.240. The maximum atomic E-state index is 13.2. The largest absolute Gasteiger partial charge is 0.490 e. The van der Waals surface area contributed by atoms with Gasteiger partial charge in [0, 0.05) is 31.9 Å². The van der Waals surface area contributed by atoms with E-state index in [4.69, 9.17) is 9.47 Å². The highest BCUT2D eigenvalue weighted by atomic mass is 32.2. The second kappa shape index (κ2) is 10.7. The van der Waals surface area contributed by atoms with E-state index in [0.29, 0.717) is 31.9 Å². The molecular formula is C25H25FN2O5S. The summed E-state index contributed by atoms with van der Waals surface area (Å²) < 4.78 is 51.3. The summed E-state index contributed by atoms with van der Waals surface area (Å²) in [6.07, 6.45) is 0. The van der Waals surface area contributed by atoms with Gasteiger partial charge in [-0.05, 0) is 54.6 Å². The molecule has 0 radical (unpaired) electrons. The second-order valence-electron chi connectivity index (χ2n) is 7.69. The first-order chi connectivity index (χ1) is 16.4. The first-order valence-electron chi connectivity index (χ1n) is 10.9. The molecule has 1 aliphatic rings. The van der Waals surface area contributed by atoms with Crippen LogP contribution in [-0.4, -0.2) is 58.1 Å². The highest BCUT2D eigenvalue weighted by molar-refractivity contribution is 7.89. The summed E-state index contributed by atoms with van der Waals surface area (Å²) in [5.41, 5.74) is 1.21. The Morgan fingerprint density at radius 2 is 1.56 bits per heavy atom. The number of ether oxygens (including phenoxy) is 2. The van der Waals surface area contributed by atoms with E-state index in [1.807, 2.05) is 30.3 Å². The number of benzene rings is 3. The normalized spacial score (nSPS) is 14.6. The van der Waals surface area contributed by atoms with Crippen molar-refractivity contribution in [2.24, 2.45) is 0 Å². The number of carbonyl (C=O) groups is 1. The quantitative estimate of drug-likeness (QED) is 0.359. The van der Waals surface area contributed by atoms with Crippen molar-refractivity contribution < 1.29 is 27.1 Å². The monoisotopic (exact) mass is 484 g/mol. The first-order valence-corrected chi connectivity index (χ1v) is 12.3. The zero-order valence-corrected chi connectivity index (χ0v) is 19.3. The zero-order valence-electron chi connectivity index (χ0n) is 18.5. The molecule has 3 aromatic rings. The smallest absolute Gasteiger partial charge is 0.338 e. The maximum absolute atomic E-state index is 13.2. The molecule has 7 nitrogen and oxygen atoms in total. The second-order valence-corrected chi connectivity index (χ2v) is 9.63. The molecule has 0 atom stereocenters. The lowest BCUT2D eigenvalue weighted by Crippen LogP contribution is -2.48. The van der Waals surface area contributed by atoms with Crippen LogP contribution < -0.4 is 9.64 Å². The van der Waals surface area contributed by atoms with Gasteiger partial charge in [0.2, 0.25) is 10.0 Å². The Morgan fingerprint density at radius 3 is 2.26 bits per heavy atom. The number of esters is 1. The third-order valence-electron chi connectivity index (χ3n) is 5.47. The molecular weight excluding hydrogens is 459 g/mol. The Kier molecular flexibility index (Phi) is 7.44. The number of piperazine rings is 1. The molecule has 4 rings (SSSR count). The lowest BCUT2D eigenvalue weighted by molar-refractivity contribution is 0.0450. The van der Waals surface area contributed by atoms with Gasteiger partial charge in [-0.25, -0.2) is 17.6 Å². The molecule has 0 spiro atoms. The molecule has 0 aromatic heterocycles. The Labute approximate surface area is 198 Å². The summed E-state index contributed by atoms with van der Waals surface area (Å²) in [6.45, 7) is 1.92. The van der Waals surface area contributed by atoms with E-state index in [-0.39, 0.29) is 29.5 Å². The van der Waals surface area contributed by atoms with E-state index in [9.17, 15) is 17.6 Å². The van der Waals surface area contributed by atoms with Crippen LogP contribution in [-0.2, 0) is 14.8 Å². The van der Waals surface area contributed by atoms with E-state index < -0.39 is 16.0 Å². The van der Waals surface area contributed by atoms with Crippen molar-refractivity contribution in [2.75, 3.05) is 44.3 Å². The molecule has 1 heterocycles. The number of nitrogens with zero attached hydrogens (tertiary/aromatic N) is 2. The number of rotatable bonds is 8. The predicted octanol–water partition coefficient (Wildman–Crippen LogP) is 3.57. The van der Waals surface area contributed by atoms with E-state index in [0.717, 1.165) is 5.69 Å². The fourth-order valence-corrected chi connectivity index (χ4v) is 5.13. The van der Waals surface area contributed by atoms with Crippen molar-refractivity contribution in [1.29, 1.82) is 0 Å². The van der Waals surface area contributed by atoms with Gasteiger partial charge in [-0.1, -0.05) is 24.3 Å². The molecule has 0 bridgehead atoms. The predicted molar refractivity (Wildman–Crippen MR) is 126 cm³/mol. The number of sulfonamides is 1. The summed E-state index contributed by atoms with van der Waals surface area (Å²) in [5.74, 6) is -0.557. The lowest BCUT2D eigenvalue weighted by Gasteiger charge is -2.35. The summed E-state index contributed by atoms with van der Waals surface area (Å²) in [5, 5.41) is 0. The van der Waals surface area contributed by atoms with Gasteiger partial charge in [0.05, 0.1) is 10.5 Å². The minimum atomic E-state index is -3.74. The van der Waals surface area contributed by atoms with Gasteiger partial charge >= 0.3 is 5.97 Å². The van der Waals surface area contributed by atoms with E-state index in [1.165, 1.54) is 52.8 Å². The first kappa shape index (κ1) is 23.7. The van der Waals surface area contributed by atoms with Crippen LogP contribution in [0, 0.1) is 5.82 Å². The van der Waals surface area contributed by atoms with Gasteiger partial charge in [0.15, 0.2) is 0 Å². The third kappa shape index (κ3) is 5.73. The summed E-state index contributed by atoms with van der Waals surface area (Å²) in [6, 6.07) is 21.2. The fourth-order valence-electron chi connectivity index (χ4n) is 3.67. The number of halogens is 1. The molecule has 1 fully saturated rings. The molecule has 178 valence electrons. The van der Waals surface area contributed by atoms with Crippen molar-refractivity contribution in [1.82, 2.24) is 4.31 Å². The van der Waals surface area contributed by atoms with Gasteiger partial charge in [-0.15, -0.1) is 0 Å². The standard InChI is InChI=1S/C25H25FN2O5S/c26-21-9-11-23(12-10-21)32-17-18-33-25(29)20-5-4-8-24(19-20)34(30,31)28-15-13-27(14-16-28)22-6-2-1-3-7-22/h1-12,19H,13-18H2. The number of hydrogen-bond acceptors (Lipinski definition) is 6. The highest BCUT2D eigenvalue weighted by Crippen LogP contribution is 2.22. The van der Waals surface area contributed by atoms with Crippen LogP contribution in [0.1, 0.15) is 10.4 Å². The van der Waals surface area contributed by atoms with Crippen LogP contribution in [0.5, 0.6) is 5.75 Å². The summed E-state index contributed by atoms with van der Waals surface area (Å²) in [4.78, 5) is 14.6. The van der Waals surface area contributed by atoms with Crippen molar-refractivity contribution in [3.05, 3.63) is 90.2 Å². The molecule has 0 amide bonds. The number of hydrogen-bond donors (Lipinski definition) is 0. The lowest BCUT2D eigenvalue weighted by atomic mass is 10.2. The topological polar surface area (TPSA) is 76.1 Å². The van der Waals surface area contributed by atoms with Crippen LogP contribution in [0.2, 0.25) is 0 Å². The average molecular weight is 485 g/mol. The Morgan fingerprint density at radius 1 is 0.853 bits per heavy atom. The van der Waals surface area contributed by atoms with Crippen LogP contribution in [0.4, 0.5) is 10.1 Å². The number of carbonyl (C=O) groups excluding carboxylic acids is 1. The van der Waals surface area contributed by atoms with Crippen molar-refractivity contribution >= 4 is 21.7 Å². The Balaban J connectivity index is 1.32.